The first-order chi connectivity index (χ1) is 14.0. The molecule has 0 aliphatic carbocycles. The fourth-order valence-electron chi connectivity index (χ4n) is 3.75. The van der Waals surface area contributed by atoms with Gasteiger partial charge in [0.1, 0.15) is 17.3 Å². The van der Waals surface area contributed by atoms with Crippen LogP contribution >= 0.6 is 0 Å². The summed E-state index contributed by atoms with van der Waals surface area (Å²) in [5.41, 5.74) is 3.27. The lowest BCUT2D eigenvalue weighted by atomic mass is 9.78. The van der Waals surface area contributed by atoms with Crippen LogP contribution in [0.4, 0.5) is 0 Å². The Morgan fingerprint density at radius 3 is 2.41 bits per heavy atom. The Morgan fingerprint density at radius 2 is 1.72 bits per heavy atom. The molecule has 6 heteroatoms. The summed E-state index contributed by atoms with van der Waals surface area (Å²) < 4.78 is 5.89. The third-order valence-electron chi connectivity index (χ3n) is 4.97. The zero-order valence-corrected chi connectivity index (χ0v) is 16.5. The number of Topliss-reactive ketones (excluding diaryl/α,β-unsaturated/α-hetero) is 1. The van der Waals surface area contributed by atoms with E-state index in [1.165, 1.54) is 0 Å². The Morgan fingerprint density at radius 1 is 1.03 bits per heavy atom. The molecule has 4 rings (SSSR count). The number of nitrogens with one attached hydrogen (secondary N) is 3. The highest BCUT2D eigenvalue weighted by Crippen LogP contribution is 2.38. The van der Waals surface area contributed by atoms with Crippen LogP contribution in [0.1, 0.15) is 11.5 Å². The monoisotopic (exact) mass is 388 g/mol. The molecule has 1 unspecified atom stereocenters. The number of hydrogen-bond donors (Lipinski definition) is 3. The number of ketones is 1. The highest BCUT2D eigenvalue weighted by atomic mass is 16.5. The normalized spacial score (nSPS) is 20.3. The number of benzene rings is 2. The largest absolute Gasteiger partial charge is 0.457 e. The number of nitrogens with zero attached hydrogens (tertiary/aromatic N) is 1. The van der Waals surface area contributed by atoms with Crippen molar-refractivity contribution in [2.24, 2.45) is 0 Å². The molecule has 0 spiro atoms. The molecule has 148 valence electrons. The molecular weight excluding hydrogens is 364 g/mol. The Hall–Kier alpha value is -3.38. The summed E-state index contributed by atoms with van der Waals surface area (Å²) in [5.74, 6) is 1.61. The molecule has 2 aliphatic heterocycles. The molecule has 3 N–H and O–H groups in total. The third kappa shape index (κ3) is 3.93. The summed E-state index contributed by atoms with van der Waals surface area (Å²) in [4.78, 5) is 14.7. The van der Waals surface area contributed by atoms with E-state index in [-0.39, 0.29) is 11.7 Å². The van der Waals surface area contributed by atoms with Crippen LogP contribution in [-0.2, 0) is 4.79 Å². The molecule has 2 aromatic carbocycles. The van der Waals surface area contributed by atoms with E-state index < -0.39 is 0 Å². The van der Waals surface area contributed by atoms with Gasteiger partial charge in [-0.15, -0.1) is 0 Å². The second-order valence-corrected chi connectivity index (χ2v) is 7.38. The second-order valence-electron chi connectivity index (χ2n) is 7.38. The van der Waals surface area contributed by atoms with Gasteiger partial charge in [0.2, 0.25) is 0 Å². The number of rotatable bonds is 4. The van der Waals surface area contributed by atoms with Gasteiger partial charge >= 0.3 is 0 Å². The molecule has 2 aromatic rings. The predicted molar refractivity (Wildman–Crippen MR) is 113 cm³/mol. The Balaban J connectivity index is 1.72. The maximum absolute atomic E-state index is 12.8. The Kier molecular flexibility index (Phi) is 5.18. The number of ether oxygens (including phenoxy) is 1. The van der Waals surface area contributed by atoms with Crippen molar-refractivity contribution in [3.8, 4) is 11.5 Å². The van der Waals surface area contributed by atoms with Gasteiger partial charge in [-0.1, -0.05) is 30.3 Å². The van der Waals surface area contributed by atoms with Gasteiger partial charge in [0.15, 0.2) is 5.78 Å². The summed E-state index contributed by atoms with van der Waals surface area (Å²) in [7, 11) is 3.84. The zero-order valence-electron chi connectivity index (χ0n) is 16.5. The molecule has 1 atom stereocenters. The lowest BCUT2D eigenvalue weighted by molar-refractivity contribution is -0.115. The van der Waals surface area contributed by atoms with Crippen LogP contribution in [0.5, 0.6) is 11.5 Å². The van der Waals surface area contributed by atoms with E-state index in [1.54, 1.807) is 0 Å². The van der Waals surface area contributed by atoms with Gasteiger partial charge in [0.05, 0.1) is 6.54 Å². The average Bonchev–Trinajstić information content (AvgIpc) is 2.70. The van der Waals surface area contributed by atoms with Gasteiger partial charge in [0.25, 0.3) is 0 Å². The van der Waals surface area contributed by atoms with Gasteiger partial charge in [-0.2, -0.15) is 0 Å². The van der Waals surface area contributed by atoms with E-state index in [4.69, 9.17) is 10.1 Å². The smallest absolute Gasteiger partial charge is 0.175 e. The molecule has 2 aliphatic rings. The molecule has 0 bridgehead atoms. The van der Waals surface area contributed by atoms with Crippen molar-refractivity contribution >= 4 is 11.6 Å². The zero-order chi connectivity index (χ0) is 20.4. The first-order valence-corrected chi connectivity index (χ1v) is 9.57. The van der Waals surface area contributed by atoms with Crippen LogP contribution in [0.15, 0.2) is 77.6 Å². The minimum atomic E-state index is -0.276. The molecule has 6 nitrogen and oxygen atoms in total. The van der Waals surface area contributed by atoms with E-state index in [0.29, 0.717) is 18.9 Å². The van der Waals surface area contributed by atoms with Crippen LogP contribution in [-0.4, -0.2) is 43.7 Å². The number of para-hydroxylation sites is 1. The first kappa shape index (κ1) is 19.0. The third-order valence-corrected chi connectivity index (χ3v) is 4.97. The molecule has 0 saturated carbocycles. The molecule has 0 radical (unpaired) electrons. The predicted octanol–water partition coefficient (Wildman–Crippen LogP) is 3.01. The van der Waals surface area contributed by atoms with Crippen molar-refractivity contribution in [2.45, 2.75) is 5.92 Å². The molecule has 2 heterocycles. The van der Waals surface area contributed by atoms with Crippen molar-refractivity contribution < 1.29 is 9.53 Å². The molecule has 0 amide bonds. The van der Waals surface area contributed by atoms with Crippen molar-refractivity contribution in [1.29, 1.82) is 5.41 Å². The van der Waals surface area contributed by atoms with Crippen LogP contribution in [0.2, 0.25) is 0 Å². The number of hydrogen-bond acceptors (Lipinski definition) is 5. The number of carbonyl (C=O) groups is 1. The van der Waals surface area contributed by atoms with Crippen LogP contribution in [0, 0.1) is 5.41 Å². The summed E-state index contributed by atoms with van der Waals surface area (Å²) in [6.45, 7) is 0.874. The molecule has 29 heavy (non-hydrogen) atoms. The summed E-state index contributed by atoms with van der Waals surface area (Å²) in [6.07, 6.45) is 1.91. The van der Waals surface area contributed by atoms with E-state index in [9.17, 15) is 4.79 Å². The van der Waals surface area contributed by atoms with E-state index >= 15 is 0 Å². The quantitative estimate of drug-likeness (QED) is 0.751. The van der Waals surface area contributed by atoms with Crippen LogP contribution < -0.4 is 15.4 Å². The molecule has 0 fully saturated rings. The summed E-state index contributed by atoms with van der Waals surface area (Å²) >= 11 is 0. The molecule has 0 aromatic heterocycles. The van der Waals surface area contributed by atoms with Crippen molar-refractivity contribution in [1.82, 2.24) is 15.5 Å². The van der Waals surface area contributed by atoms with Crippen molar-refractivity contribution in [3.63, 3.8) is 0 Å². The summed E-state index contributed by atoms with van der Waals surface area (Å²) in [5, 5.41) is 14.7. The van der Waals surface area contributed by atoms with E-state index in [1.807, 2.05) is 79.8 Å². The van der Waals surface area contributed by atoms with Crippen molar-refractivity contribution in [2.75, 3.05) is 27.2 Å². The Bertz CT molecular complexity index is 991. The van der Waals surface area contributed by atoms with Crippen molar-refractivity contribution in [3.05, 3.63) is 83.2 Å². The second kappa shape index (κ2) is 7.93. The highest BCUT2D eigenvalue weighted by Gasteiger charge is 2.37. The van der Waals surface area contributed by atoms with Gasteiger partial charge < -0.3 is 20.3 Å². The van der Waals surface area contributed by atoms with Gasteiger partial charge in [-0.05, 0) is 29.8 Å². The average molecular weight is 388 g/mol. The Labute approximate surface area is 170 Å². The first-order valence-electron chi connectivity index (χ1n) is 9.57. The lowest BCUT2D eigenvalue weighted by Crippen LogP contribution is -2.46. The summed E-state index contributed by atoms with van der Waals surface area (Å²) in [6, 6.07) is 17.4. The SMILES string of the molecule is CN(C)/C=C1\C(=N)NC2=C(C(=O)CNC2)C1c1ccc(Oc2ccccc2)cc1. The van der Waals surface area contributed by atoms with Gasteiger partial charge in [-0.3, -0.25) is 10.2 Å². The van der Waals surface area contributed by atoms with Crippen LogP contribution in [0.3, 0.4) is 0 Å². The van der Waals surface area contributed by atoms with Gasteiger partial charge in [-0.25, -0.2) is 0 Å². The van der Waals surface area contributed by atoms with Gasteiger partial charge in [0, 0.05) is 49.6 Å². The lowest BCUT2D eigenvalue weighted by Gasteiger charge is -2.35. The fraction of sp³-hybridized carbons (Fsp3) is 0.217. The molecular formula is C23H24N4O2. The minimum absolute atomic E-state index is 0.0607. The fourth-order valence-corrected chi connectivity index (χ4v) is 3.75. The van der Waals surface area contributed by atoms with E-state index in [2.05, 4.69) is 10.6 Å². The van der Waals surface area contributed by atoms with Crippen LogP contribution in [0.25, 0.3) is 0 Å². The van der Waals surface area contributed by atoms with E-state index in [0.717, 1.165) is 33.9 Å². The maximum Gasteiger partial charge on any atom is 0.175 e. The topological polar surface area (TPSA) is 77.5 Å². The number of carbonyl (C=O) groups excluding carboxylic acids is 1. The standard InChI is InChI=1S/C23H24N4O2/c1-27(2)14-18-21(22-19(26-23(18)24)12-25-13-20(22)28)15-8-10-17(11-9-15)29-16-6-4-3-5-7-16/h3-11,14,21,25H,12-13H2,1-2H3,(H2,24,26)/b18-14-. The minimum Gasteiger partial charge on any atom is -0.457 e. The highest BCUT2D eigenvalue weighted by molar-refractivity contribution is 6.09. The number of amidine groups is 1. The maximum atomic E-state index is 12.8. The molecule has 0 saturated heterocycles.